The van der Waals surface area contributed by atoms with Crippen molar-refractivity contribution in [3.8, 4) is 0 Å². The highest BCUT2D eigenvalue weighted by Crippen LogP contribution is 2.22. The topological polar surface area (TPSA) is 131 Å². The van der Waals surface area contributed by atoms with Crippen LogP contribution in [0.15, 0.2) is 24.3 Å². The molecule has 2 rings (SSSR count). The SMILES string of the molecule is CC(C)COC(=O)N1CCC(C(=O)Nc2ccccc2C(=O)NCCC(N)=O)CC1. The number of piperidine rings is 1. The van der Waals surface area contributed by atoms with Gasteiger partial charge in [0.2, 0.25) is 11.8 Å². The number of hydrogen-bond acceptors (Lipinski definition) is 5. The van der Waals surface area contributed by atoms with Crippen LogP contribution >= 0.6 is 0 Å². The van der Waals surface area contributed by atoms with Crippen molar-refractivity contribution in [1.29, 1.82) is 0 Å². The Balaban J connectivity index is 1.89. The number of para-hydroxylation sites is 1. The Morgan fingerprint density at radius 1 is 1.17 bits per heavy atom. The fourth-order valence-electron chi connectivity index (χ4n) is 3.07. The van der Waals surface area contributed by atoms with E-state index >= 15 is 0 Å². The van der Waals surface area contributed by atoms with E-state index in [0.717, 1.165) is 0 Å². The number of nitrogens with two attached hydrogens (primary N) is 1. The van der Waals surface area contributed by atoms with Gasteiger partial charge in [-0.2, -0.15) is 0 Å². The number of anilines is 1. The number of carbonyl (C=O) groups excluding carboxylic acids is 4. The molecule has 0 unspecified atom stereocenters. The van der Waals surface area contributed by atoms with E-state index < -0.39 is 11.8 Å². The lowest BCUT2D eigenvalue weighted by Gasteiger charge is -2.31. The van der Waals surface area contributed by atoms with E-state index in [-0.39, 0.29) is 36.8 Å². The molecular formula is C21H30N4O5. The lowest BCUT2D eigenvalue weighted by Crippen LogP contribution is -2.42. The third-order valence-electron chi connectivity index (χ3n) is 4.75. The van der Waals surface area contributed by atoms with Crippen LogP contribution in [0.1, 0.15) is 43.5 Å². The van der Waals surface area contributed by atoms with Gasteiger partial charge >= 0.3 is 6.09 Å². The predicted molar refractivity (Wildman–Crippen MR) is 112 cm³/mol. The Morgan fingerprint density at radius 2 is 1.83 bits per heavy atom. The van der Waals surface area contributed by atoms with Crippen molar-refractivity contribution in [2.75, 3.05) is 31.6 Å². The fraction of sp³-hybridized carbons (Fsp3) is 0.524. The molecule has 1 aliphatic rings. The monoisotopic (exact) mass is 418 g/mol. The third kappa shape index (κ3) is 7.06. The molecule has 1 fully saturated rings. The molecule has 4 amide bonds. The van der Waals surface area contributed by atoms with Crippen molar-refractivity contribution in [3.63, 3.8) is 0 Å². The van der Waals surface area contributed by atoms with E-state index in [2.05, 4.69) is 10.6 Å². The summed E-state index contributed by atoms with van der Waals surface area (Å²) in [7, 11) is 0. The summed E-state index contributed by atoms with van der Waals surface area (Å²) >= 11 is 0. The fourth-order valence-corrected chi connectivity index (χ4v) is 3.07. The van der Waals surface area contributed by atoms with E-state index in [4.69, 9.17) is 10.5 Å². The molecule has 9 heteroatoms. The number of benzene rings is 1. The van der Waals surface area contributed by atoms with Gasteiger partial charge in [-0.05, 0) is 30.9 Å². The van der Waals surface area contributed by atoms with E-state index in [1.54, 1.807) is 29.2 Å². The minimum Gasteiger partial charge on any atom is -0.449 e. The van der Waals surface area contributed by atoms with Crippen LogP contribution in [0.25, 0.3) is 0 Å². The summed E-state index contributed by atoms with van der Waals surface area (Å²) in [5.41, 5.74) is 5.79. The molecule has 0 aromatic heterocycles. The van der Waals surface area contributed by atoms with Crippen molar-refractivity contribution in [1.82, 2.24) is 10.2 Å². The van der Waals surface area contributed by atoms with E-state index in [1.165, 1.54) is 0 Å². The molecule has 0 bridgehead atoms. The number of likely N-dealkylation sites (tertiary alicyclic amines) is 1. The quantitative estimate of drug-likeness (QED) is 0.592. The number of hydrogen-bond donors (Lipinski definition) is 3. The van der Waals surface area contributed by atoms with Crippen molar-refractivity contribution in [3.05, 3.63) is 29.8 Å². The zero-order valence-corrected chi connectivity index (χ0v) is 17.5. The van der Waals surface area contributed by atoms with Gasteiger partial charge in [-0.15, -0.1) is 0 Å². The van der Waals surface area contributed by atoms with Crippen LogP contribution in [0.5, 0.6) is 0 Å². The standard InChI is InChI=1S/C21H30N4O5/c1-14(2)13-30-21(29)25-11-8-15(9-12-25)19(27)24-17-6-4-3-5-16(17)20(28)23-10-7-18(22)26/h3-6,14-15H,7-13H2,1-2H3,(H2,22,26)(H,23,28)(H,24,27). The van der Waals surface area contributed by atoms with Gasteiger partial charge in [0, 0.05) is 32.0 Å². The highest BCUT2D eigenvalue weighted by atomic mass is 16.6. The largest absolute Gasteiger partial charge is 0.449 e. The molecule has 0 atom stereocenters. The molecular weight excluding hydrogens is 388 g/mol. The second kappa shape index (κ2) is 11.2. The Bertz CT molecular complexity index is 772. The first-order valence-electron chi connectivity index (χ1n) is 10.2. The van der Waals surface area contributed by atoms with Gasteiger partial charge in [0.25, 0.3) is 5.91 Å². The summed E-state index contributed by atoms with van der Waals surface area (Å²) in [5, 5.41) is 5.43. The Kier molecular flexibility index (Phi) is 8.64. The molecule has 1 aromatic carbocycles. The maximum atomic E-state index is 12.7. The van der Waals surface area contributed by atoms with Gasteiger partial charge in [0.15, 0.2) is 0 Å². The van der Waals surface area contributed by atoms with Crippen molar-refractivity contribution in [2.45, 2.75) is 33.1 Å². The number of ether oxygens (including phenoxy) is 1. The Morgan fingerprint density at radius 3 is 2.47 bits per heavy atom. The molecule has 0 spiro atoms. The first-order valence-corrected chi connectivity index (χ1v) is 10.2. The van der Waals surface area contributed by atoms with Gasteiger partial charge in [-0.3, -0.25) is 14.4 Å². The molecule has 1 saturated heterocycles. The number of amides is 4. The average molecular weight is 418 g/mol. The number of rotatable bonds is 8. The molecule has 30 heavy (non-hydrogen) atoms. The molecule has 0 radical (unpaired) electrons. The highest BCUT2D eigenvalue weighted by molar-refractivity contribution is 6.04. The molecule has 0 aliphatic carbocycles. The van der Waals surface area contributed by atoms with Crippen LogP contribution in [-0.2, 0) is 14.3 Å². The maximum absolute atomic E-state index is 12.7. The molecule has 164 valence electrons. The zero-order chi connectivity index (χ0) is 22.1. The second-order valence-electron chi connectivity index (χ2n) is 7.74. The Hall–Kier alpha value is -3.10. The molecule has 9 nitrogen and oxygen atoms in total. The summed E-state index contributed by atoms with van der Waals surface area (Å²) < 4.78 is 5.24. The van der Waals surface area contributed by atoms with Crippen LogP contribution in [-0.4, -0.2) is 55.0 Å². The first-order chi connectivity index (χ1) is 14.3. The number of primary amides is 1. The average Bonchev–Trinajstić information content (AvgIpc) is 2.72. The first kappa shape index (κ1) is 23.2. The molecule has 1 aliphatic heterocycles. The van der Waals surface area contributed by atoms with Gasteiger partial charge in [0.05, 0.1) is 17.9 Å². The highest BCUT2D eigenvalue weighted by Gasteiger charge is 2.28. The molecule has 4 N–H and O–H groups in total. The van der Waals surface area contributed by atoms with Crippen LogP contribution in [0.2, 0.25) is 0 Å². The van der Waals surface area contributed by atoms with Gasteiger partial charge < -0.3 is 26.0 Å². The minimum atomic E-state index is -0.503. The van der Waals surface area contributed by atoms with Crippen LogP contribution in [0, 0.1) is 11.8 Å². The Labute approximate surface area is 176 Å². The van der Waals surface area contributed by atoms with Crippen LogP contribution in [0.3, 0.4) is 0 Å². The zero-order valence-electron chi connectivity index (χ0n) is 17.5. The third-order valence-corrected chi connectivity index (χ3v) is 4.75. The van der Waals surface area contributed by atoms with Crippen LogP contribution < -0.4 is 16.4 Å². The van der Waals surface area contributed by atoms with E-state index in [9.17, 15) is 19.2 Å². The second-order valence-corrected chi connectivity index (χ2v) is 7.74. The van der Waals surface area contributed by atoms with Crippen molar-refractivity contribution in [2.24, 2.45) is 17.6 Å². The van der Waals surface area contributed by atoms with E-state index in [1.807, 2.05) is 13.8 Å². The summed E-state index contributed by atoms with van der Waals surface area (Å²) in [6.07, 6.45) is 0.740. The lowest BCUT2D eigenvalue weighted by molar-refractivity contribution is -0.121. The minimum absolute atomic E-state index is 0.0401. The van der Waals surface area contributed by atoms with Crippen molar-refractivity contribution >= 4 is 29.5 Å². The van der Waals surface area contributed by atoms with Gasteiger partial charge in [0.1, 0.15) is 0 Å². The van der Waals surface area contributed by atoms with Crippen LogP contribution in [0.4, 0.5) is 10.5 Å². The number of nitrogens with one attached hydrogen (secondary N) is 2. The summed E-state index contributed by atoms with van der Waals surface area (Å²) in [4.78, 5) is 49.5. The molecule has 0 saturated carbocycles. The van der Waals surface area contributed by atoms with Gasteiger partial charge in [-0.25, -0.2) is 4.79 Å². The smallest absolute Gasteiger partial charge is 0.409 e. The summed E-state index contributed by atoms with van der Waals surface area (Å²) in [6, 6.07) is 6.67. The maximum Gasteiger partial charge on any atom is 0.409 e. The normalized spacial score (nSPS) is 14.3. The molecule has 1 aromatic rings. The number of carbonyl (C=O) groups is 4. The summed E-state index contributed by atoms with van der Waals surface area (Å²) in [6.45, 7) is 5.34. The van der Waals surface area contributed by atoms with E-state index in [0.29, 0.717) is 43.8 Å². The number of nitrogens with zero attached hydrogens (tertiary/aromatic N) is 1. The lowest BCUT2D eigenvalue weighted by atomic mass is 9.96. The van der Waals surface area contributed by atoms with Crippen molar-refractivity contribution < 1.29 is 23.9 Å². The molecule has 1 heterocycles. The summed E-state index contributed by atoms with van der Waals surface area (Å²) in [5.74, 6) is -1.08. The van der Waals surface area contributed by atoms with Gasteiger partial charge in [-0.1, -0.05) is 26.0 Å². The predicted octanol–water partition coefficient (Wildman–Crippen LogP) is 1.73.